The molecule has 0 unspecified atom stereocenters. The lowest BCUT2D eigenvalue weighted by Crippen LogP contribution is -2.42. The predicted octanol–water partition coefficient (Wildman–Crippen LogP) is 0.872. The Balaban J connectivity index is 2.09. The number of imidazole rings is 1. The van der Waals surface area contributed by atoms with E-state index in [4.69, 9.17) is 5.84 Å². The van der Waals surface area contributed by atoms with Crippen LogP contribution >= 0.6 is 0 Å². The average Bonchev–Trinajstić information content (AvgIpc) is 2.89. The number of unbranched alkanes of at least 4 members (excludes halogenated alkanes) is 2. The zero-order valence-electron chi connectivity index (χ0n) is 11.1. The highest BCUT2D eigenvalue weighted by Crippen LogP contribution is 1.95. The molecule has 0 spiro atoms. The summed E-state index contributed by atoms with van der Waals surface area (Å²) < 4.78 is 2.07. The Kier molecular flexibility index (Phi) is 7.63. The van der Waals surface area contributed by atoms with Crippen molar-refractivity contribution in [2.45, 2.75) is 39.2 Å². The molecule has 0 aliphatic rings. The molecule has 0 aliphatic carbocycles. The van der Waals surface area contributed by atoms with Crippen LogP contribution in [0.1, 0.15) is 32.6 Å². The Morgan fingerprint density at radius 2 is 2.28 bits per heavy atom. The van der Waals surface area contributed by atoms with Gasteiger partial charge in [-0.2, -0.15) is 0 Å². The van der Waals surface area contributed by atoms with E-state index >= 15 is 0 Å². The second-order valence-electron chi connectivity index (χ2n) is 4.16. The summed E-state index contributed by atoms with van der Waals surface area (Å²) in [6, 6.07) is 0. The van der Waals surface area contributed by atoms with Gasteiger partial charge in [-0.25, -0.2) is 10.8 Å². The van der Waals surface area contributed by atoms with Crippen LogP contribution in [0.3, 0.4) is 0 Å². The van der Waals surface area contributed by atoms with Crippen LogP contribution in [-0.2, 0) is 6.54 Å². The Hall–Kier alpha value is -1.56. The fourth-order valence-corrected chi connectivity index (χ4v) is 1.55. The predicted molar refractivity (Wildman–Crippen MR) is 74.0 cm³/mol. The van der Waals surface area contributed by atoms with Gasteiger partial charge >= 0.3 is 0 Å². The van der Waals surface area contributed by atoms with Crippen molar-refractivity contribution in [1.82, 2.24) is 20.3 Å². The molecule has 0 amide bonds. The maximum atomic E-state index is 5.39. The fourth-order valence-electron chi connectivity index (χ4n) is 1.55. The molecule has 1 aromatic rings. The molecule has 1 rings (SSSR count). The monoisotopic (exact) mass is 252 g/mol. The van der Waals surface area contributed by atoms with Crippen molar-refractivity contribution in [2.24, 2.45) is 10.8 Å². The van der Waals surface area contributed by atoms with Crippen molar-refractivity contribution < 1.29 is 0 Å². The van der Waals surface area contributed by atoms with Crippen LogP contribution in [0.2, 0.25) is 0 Å². The zero-order valence-corrected chi connectivity index (χ0v) is 11.1. The van der Waals surface area contributed by atoms with Crippen molar-refractivity contribution in [2.75, 3.05) is 13.1 Å². The number of aliphatic imine (C=N–C) groups is 1. The van der Waals surface area contributed by atoms with Gasteiger partial charge in [-0.15, -0.1) is 0 Å². The normalized spacial score (nSPS) is 11.6. The first-order valence-electron chi connectivity index (χ1n) is 6.57. The van der Waals surface area contributed by atoms with Gasteiger partial charge in [0.25, 0.3) is 0 Å². The molecular formula is C12H24N6. The lowest BCUT2D eigenvalue weighted by molar-refractivity contribution is 0.612. The van der Waals surface area contributed by atoms with Crippen LogP contribution in [0.5, 0.6) is 0 Å². The van der Waals surface area contributed by atoms with Gasteiger partial charge in [-0.1, -0.05) is 13.3 Å². The molecule has 0 aromatic carbocycles. The summed E-state index contributed by atoms with van der Waals surface area (Å²) >= 11 is 0. The van der Waals surface area contributed by atoms with E-state index in [0.717, 1.165) is 45.3 Å². The minimum atomic E-state index is 0.686. The van der Waals surface area contributed by atoms with Crippen LogP contribution in [0, 0.1) is 0 Å². The third-order valence-corrected chi connectivity index (χ3v) is 2.61. The molecule has 18 heavy (non-hydrogen) atoms. The number of rotatable bonds is 8. The number of hydrogen-bond donors (Lipinski definition) is 3. The van der Waals surface area contributed by atoms with Crippen LogP contribution in [0.4, 0.5) is 0 Å². The van der Waals surface area contributed by atoms with Crippen molar-refractivity contribution in [3.05, 3.63) is 18.7 Å². The Bertz CT molecular complexity index is 319. The van der Waals surface area contributed by atoms with Gasteiger partial charge in [0.15, 0.2) is 0 Å². The summed E-state index contributed by atoms with van der Waals surface area (Å²) in [6.45, 7) is 4.84. The summed E-state index contributed by atoms with van der Waals surface area (Å²) in [5.41, 5.74) is 2.59. The number of nitrogens with one attached hydrogen (secondary N) is 2. The Labute approximate surface area is 109 Å². The van der Waals surface area contributed by atoms with E-state index < -0.39 is 0 Å². The molecule has 102 valence electrons. The molecule has 0 saturated carbocycles. The molecule has 0 saturated heterocycles. The van der Waals surface area contributed by atoms with Crippen molar-refractivity contribution >= 4 is 5.96 Å². The first kappa shape index (κ1) is 14.5. The van der Waals surface area contributed by atoms with Crippen molar-refractivity contribution in [3.63, 3.8) is 0 Å². The second-order valence-corrected chi connectivity index (χ2v) is 4.16. The lowest BCUT2D eigenvalue weighted by atomic mass is 10.3. The van der Waals surface area contributed by atoms with Gasteiger partial charge in [-0.3, -0.25) is 10.4 Å². The van der Waals surface area contributed by atoms with E-state index in [9.17, 15) is 0 Å². The molecule has 0 bridgehead atoms. The van der Waals surface area contributed by atoms with Crippen LogP contribution < -0.4 is 16.6 Å². The van der Waals surface area contributed by atoms with Crippen molar-refractivity contribution in [3.8, 4) is 0 Å². The summed E-state index contributed by atoms with van der Waals surface area (Å²) in [5, 5.41) is 3.17. The highest BCUT2D eigenvalue weighted by Gasteiger charge is 1.94. The largest absolute Gasteiger partial charge is 0.355 e. The molecule has 0 atom stereocenters. The van der Waals surface area contributed by atoms with E-state index in [0.29, 0.717) is 5.96 Å². The quantitative estimate of drug-likeness (QED) is 0.211. The second kappa shape index (κ2) is 9.47. The van der Waals surface area contributed by atoms with Crippen LogP contribution in [-0.4, -0.2) is 28.6 Å². The standard InChI is InChI=1S/C12H24N6/c1-2-3-6-15-12(17-13)16-7-4-5-9-18-10-8-14-11-18/h8,10-11H,2-7,9,13H2,1H3,(H2,15,16,17). The number of hydrogen-bond acceptors (Lipinski definition) is 3. The maximum Gasteiger partial charge on any atom is 0.205 e. The van der Waals surface area contributed by atoms with Gasteiger partial charge in [0.05, 0.1) is 6.33 Å². The third kappa shape index (κ3) is 6.24. The minimum Gasteiger partial charge on any atom is -0.355 e. The van der Waals surface area contributed by atoms with Crippen LogP contribution in [0.25, 0.3) is 0 Å². The number of aromatic nitrogens is 2. The van der Waals surface area contributed by atoms with E-state index in [-0.39, 0.29) is 0 Å². The summed E-state index contributed by atoms with van der Waals surface area (Å²) in [4.78, 5) is 8.38. The molecule has 6 nitrogen and oxygen atoms in total. The smallest absolute Gasteiger partial charge is 0.205 e. The molecule has 4 N–H and O–H groups in total. The number of hydrazine groups is 1. The number of nitrogens with two attached hydrogens (primary N) is 1. The maximum absolute atomic E-state index is 5.39. The zero-order chi connectivity index (χ0) is 13.1. The first-order valence-corrected chi connectivity index (χ1v) is 6.57. The van der Waals surface area contributed by atoms with Gasteiger partial charge in [-0.05, 0) is 19.3 Å². The van der Waals surface area contributed by atoms with Gasteiger partial charge < -0.3 is 9.88 Å². The topological polar surface area (TPSA) is 80.3 Å². The highest BCUT2D eigenvalue weighted by atomic mass is 15.3. The molecule has 0 radical (unpaired) electrons. The third-order valence-electron chi connectivity index (χ3n) is 2.61. The average molecular weight is 252 g/mol. The summed E-state index contributed by atoms with van der Waals surface area (Å²) in [7, 11) is 0. The van der Waals surface area contributed by atoms with Crippen LogP contribution in [0.15, 0.2) is 23.7 Å². The minimum absolute atomic E-state index is 0.686. The SMILES string of the molecule is CCCCNC(=NCCCCn1ccnc1)NN. The first-order chi connectivity index (χ1) is 8.86. The molecule has 6 heteroatoms. The Morgan fingerprint density at radius 1 is 1.39 bits per heavy atom. The number of aryl methyl sites for hydroxylation is 1. The summed E-state index contributed by atoms with van der Waals surface area (Å²) in [5.74, 6) is 6.08. The van der Waals surface area contributed by atoms with E-state index in [1.165, 1.54) is 0 Å². The van der Waals surface area contributed by atoms with Gasteiger partial charge in [0.1, 0.15) is 0 Å². The number of guanidine groups is 1. The van der Waals surface area contributed by atoms with E-state index in [1.54, 1.807) is 6.20 Å². The van der Waals surface area contributed by atoms with Gasteiger partial charge in [0, 0.05) is 32.0 Å². The highest BCUT2D eigenvalue weighted by molar-refractivity contribution is 5.79. The van der Waals surface area contributed by atoms with Crippen molar-refractivity contribution in [1.29, 1.82) is 0 Å². The molecule has 1 aromatic heterocycles. The molecule has 1 heterocycles. The van der Waals surface area contributed by atoms with E-state index in [2.05, 4.69) is 32.2 Å². The number of nitrogens with zero attached hydrogens (tertiary/aromatic N) is 3. The lowest BCUT2D eigenvalue weighted by Gasteiger charge is -2.08. The molecule has 0 aliphatic heterocycles. The Morgan fingerprint density at radius 3 is 2.94 bits per heavy atom. The molecular weight excluding hydrogens is 228 g/mol. The van der Waals surface area contributed by atoms with Gasteiger partial charge in [0.2, 0.25) is 5.96 Å². The molecule has 0 fully saturated rings. The van der Waals surface area contributed by atoms with E-state index in [1.807, 2.05) is 12.5 Å². The fraction of sp³-hybridized carbons (Fsp3) is 0.667. The summed E-state index contributed by atoms with van der Waals surface area (Å²) in [6.07, 6.45) is 10.0.